The van der Waals surface area contributed by atoms with Crippen molar-refractivity contribution in [3.05, 3.63) is 34.9 Å². The molecule has 0 aromatic heterocycles. The molecule has 1 unspecified atom stereocenters. The fraction of sp³-hybridized carbons (Fsp3) is 0.571. The maximum atomic E-state index is 9.46. The molecule has 0 saturated carbocycles. The first-order valence-corrected chi connectivity index (χ1v) is 6.85. The minimum absolute atomic E-state index is 0.00916. The zero-order valence-corrected chi connectivity index (χ0v) is 11.2. The van der Waals surface area contributed by atoms with Gasteiger partial charge < -0.3 is 15.2 Å². The van der Waals surface area contributed by atoms with E-state index in [4.69, 9.17) is 16.3 Å². The van der Waals surface area contributed by atoms with Gasteiger partial charge in [0.15, 0.2) is 0 Å². The van der Waals surface area contributed by atoms with Crippen LogP contribution in [-0.4, -0.2) is 31.5 Å². The summed E-state index contributed by atoms with van der Waals surface area (Å²) in [4.78, 5) is 0. The third-order valence-corrected chi connectivity index (χ3v) is 3.70. The Kier molecular flexibility index (Phi) is 5.45. The van der Waals surface area contributed by atoms with Crippen LogP contribution in [0.1, 0.15) is 24.4 Å². The first kappa shape index (κ1) is 13.8. The van der Waals surface area contributed by atoms with E-state index in [1.54, 1.807) is 0 Å². The monoisotopic (exact) mass is 269 g/mol. The van der Waals surface area contributed by atoms with Gasteiger partial charge in [0, 0.05) is 18.2 Å². The molecule has 100 valence electrons. The highest BCUT2D eigenvalue weighted by atomic mass is 35.5. The fourth-order valence-electron chi connectivity index (χ4n) is 2.24. The Morgan fingerprint density at radius 2 is 1.94 bits per heavy atom. The number of hydrogen-bond donors (Lipinski definition) is 2. The lowest BCUT2D eigenvalue weighted by Crippen LogP contribution is -2.32. The minimum Gasteiger partial charge on any atom is -0.394 e. The molecule has 1 fully saturated rings. The van der Waals surface area contributed by atoms with Gasteiger partial charge in [-0.2, -0.15) is 0 Å². The molecule has 2 N–H and O–H groups in total. The van der Waals surface area contributed by atoms with Crippen LogP contribution in [0.3, 0.4) is 0 Å². The van der Waals surface area contributed by atoms with E-state index in [1.165, 1.54) is 0 Å². The first-order valence-electron chi connectivity index (χ1n) is 6.47. The van der Waals surface area contributed by atoms with Gasteiger partial charge in [0.05, 0.1) is 12.6 Å². The number of aliphatic hydroxyl groups is 1. The lowest BCUT2D eigenvalue weighted by molar-refractivity contribution is 0.0645. The second-order valence-corrected chi connectivity index (χ2v) is 5.19. The van der Waals surface area contributed by atoms with Gasteiger partial charge in [0.25, 0.3) is 0 Å². The quantitative estimate of drug-likeness (QED) is 0.862. The first-order chi connectivity index (χ1) is 8.79. The summed E-state index contributed by atoms with van der Waals surface area (Å²) in [5, 5.41) is 13.6. The molecule has 1 aliphatic rings. The number of ether oxygens (including phenoxy) is 1. The Morgan fingerprint density at radius 1 is 1.28 bits per heavy atom. The van der Waals surface area contributed by atoms with Crippen molar-refractivity contribution in [2.45, 2.75) is 18.9 Å². The van der Waals surface area contributed by atoms with E-state index in [9.17, 15) is 5.11 Å². The molecule has 1 saturated heterocycles. The normalized spacial score (nSPS) is 18.8. The van der Waals surface area contributed by atoms with E-state index in [0.717, 1.165) is 43.2 Å². The topological polar surface area (TPSA) is 41.5 Å². The molecule has 1 aromatic rings. The molecule has 1 atom stereocenters. The van der Waals surface area contributed by atoms with Crippen LogP contribution >= 0.6 is 11.6 Å². The summed E-state index contributed by atoms with van der Waals surface area (Å²) in [6.07, 6.45) is 2.21. The SMILES string of the molecule is OCC(NCC1CCOCC1)c1ccc(Cl)cc1. The van der Waals surface area contributed by atoms with Crippen LogP contribution in [0.25, 0.3) is 0 Å². The van der Waals surface area contributed by atoms with Crippen molar-refractivity contribution in [2.75, 3.05) is 26.4 Å². The molecular weight excluding hydrogens is 250 g/mol. The average molecular weight is 270 g/mol. The predicted octanol–water partition coefficient (Wildman–Crippen LogP) is 2.39. The van der Waals surface area contributed by atoms with Crippen molar-refractivity contribution in [3.8, 4) is 0 Å². The smallest absolute Gasteiger partial charge is 0.0626 e. The number of aliphatic hydroxyl groups excluding tert-OH is 1. The molecule has 0 radical (unpaired) electrons. The van der Waals surface area contributed by atoms with E-state index < -0.39 is 0 Å². The summed E-state index contributed by atoms with van der Waals surface area (Å²) >= 11 is 5.86. The van der Waals surface area contributed by atoms with Gasteiger partial charge in [0.1, 0.15) is 0 Å². The summed E-state index contributed by atoms with van der Waals surface area (Å²) in [7, 11) is 0. The molecule has 1 aromatic carbocycles. The standard InChI is InChI=1S/C14H20ClNO2/c15-13-3-1-12(2-4-13)14(10-17)16-9-11-5-7-18-8-6-11/h1-4,11,14,16-17H,5-10H2. The Bertz CT molecular complexity index is 349. The molecular formula is C14H20ClNO2. The third-order valence-electron chi connectivity index (χ3n) is 3.45. The van der Waals surface area contributed by atoms with Crippen LogP contribution in [0.2, 0.25) is 5.02 Å². The molecule has 1 aliphatic heterocycles. The van der Waals surface area contributed by atoms with Gasteiger partial charge in [-0.3, -0.25) is 0 Å². The second-order valence-electron chi connectivity index (χ2n) is 4.75. The van der Waals surface area contributed by atoms with Crippen LogP contribution in [-0.2, 0) is 4.74 Å². The number of halogens is 1. The van der Waals surface area contributed by atoms with Gasteiger partial charge in [-0.25, -0.2) is 0 Å². The van der Waals surface area contributed by atoms with E-state index in [1.807, 2.05) is 24.3 Å². The zero-order valence-electron chi connectivity index (χ0n) is 10.4. The van der Waals surface area contributed by atoms with Crippen molar-refractivity contribution >= 4 is 11.6 Å². The Labute approximate surface area is 113 Å². The maximum Gasteiger partial charge on any atom is 0.0626 e. The Balaban J connectivity index is 1.86. The molecule has 18 heavy (non-hydrogen) atoms. The number of hydrogen-bond acceptors (Lipinski definition) is 3. The second kappa shape index (κ2) is 7.10. The van der Waals surface area contributed by atoms with Gasteiger partial charge >= 0.3 is 0 Å². The average Bonchev–Trinajstić information content (AvgIpc) is 2.42. The van der Waals surface area contributed by atoms with E-state index in [-0.39, 0.29) is 12.6 Å². The summed E-state index contributed by atoms with van der Waals surface area (Å²) in [6.45, 7) is 2.75. The Hall–Kier alpha value is -0.610. The highest BCUT2D eigenvalue weighted by Crippen LogP contribution is 2.18. The van der Waals surface area contributed by atoms with E-state index in [2.05, 4.69) is 5.32 Å². The van der Waals surface area contributed by atoms with Crippen LogP contribution < -0.4 is 5.32 Å². The molecule has 0 amide bonds. The van der Waals surface area contributed by atoms with Crippen LogP contribution in [0, 0.1) is 5.92 Å². The number of benzene rings is 1. The summed E-state index contributed by atoms with van der Waals surface area (Å²) < 4.78 is 5.34. The molecule has 4 heteroatoms. The molecule has 0 spiro atoms. The predicted molar refractivity (Wildman–Crippen MR) is 72.8 cm³/mol. The lowest BCUT2D eigenvalue weighted by atomic mass is 9.99. The van der Waals surface area contributed by atoms with Gasteiger partial charge in [0.2, 0.25) is 0 Å². The summed E-state index contributed by atoms with van der Waals surface area (Å²) in [5.74, 6) is 0.653. The highest BCUT2D eigenvalue weighted by molar-refractivity contribution is 6.30. The lowest BCUT2D eigenvalue weighted by Gasteiger charge is -2.25. The minimum atomic E-state index is -0.00916. The van der Waals surface area contributed by atoms with Crippen molar-refractivity contribution < 1.29 is 9.84 Å². The van der Waals surface area contributed by atoms with Gasteiger partial charge in [-0.15, -0.1) is 0 Å². The maximum absolute atomic E-state index is 9.46. The van der Waals surface area contributed by atoms with Crippen LogP contribution in [0.15, 0.2) is 24.3 Å². The van der Waals surface area contributed by atoms with Gasteiger partial charge in [-0.1, -0.05) is 23.7 Å². The third kappa shape index (κ3) is 3.95. The largest absolute Gasteiger partial charge is 0.394 e. The number of rotatable bonds is 5. The van der Waals surface area contributed by atoms with Gasteiger partial charge in [-0.05, 0) is 43.0 Å². The van der Waals surface area contributed by atoms with Crippen molar-refractivity contribution in [3.63, 3.8) is 0 Å². The fourth-order valence-corrected chi connectivity index (χ4v) is 2.37. The van der Waals surface area contributed by atoms with Crippen molar-refractivity contribution in [2.24, 2.45) is 5.92 Å². The zero-order chi connectivity index (χ0) is 12.8. The Morgan fingerprint density at radius 3 is 2.56 bits per heavy atom. The van der Waals surface area contributed by atoms with Crippen molar-refractivity contribution in [1.82, 2.24) is 5.32 Å². The van der Waals surface area contributed by atoms with Crippen LogP contribution in [0.5, 0.6) is 0 Å². The van der Waals surface area contributed by atoms with E-state index in [0.29, 0.717) is 5.92 Å². The summed E-state index contributed by atoms with van der Waals surface area (Å²) in [6, 6.07) is 7.62. The van der Waals surface area contributed by atoms with E-state index >= 15 is 0 Å². The molecule has 3 nitrogen and oxygen atoms in total. The van der Waals surface area contributed by atoms with Crippen molar-refractivity contribution in [1.29, 1.82) is 0 Å². The molecule has 2 rings (SSSR count). The number of nitrogens with one attached hydrogen (secondary N) is 1. The van der Waals surface area contributed by atoms with Crippen LogP contribution in [0.4, 0.5) is 0 Å². The highest BCUT2D eigenvalue weighted by Gasteiger charge is 2.16. The summed E-state index contributed by atoms with van der Waals surface area (Å²) in [5.41, 5.74) is 1.08. The molecule has 0 bridgehead atoms. The molecule has 0 aliphatic carbocycles. The molecule has 1 heterocycles.